The third-order valence-corrected chi connectivity index (χ3v) is 5.71. The lowest BCUT2D eigenvalue weighted by Gasteiger charge is -2.18. The molecule has 1 aliphatic carbocycles. The van der Waals surface area contributed by atoms with Crippen LogP contribution in [0.3, 0.4) is 0 Å². The molecule has 3 heterocycles. The minimum absolute atomic E-state index is 0.192. The topological polar surface area (TPSA) is 25.2 Å². The van der Waals surface area contributed by atoms with E-state index in [9.17, 15) is 4.79 Å². The fourth-order valence-corrected chi connectivity index (χ4v) is 4.13. The van der Waals surface area contributed by atoms with Crippen LogP contribution in [0.15, 0.2) is 34.4 Å². The van der Waals surface area contributed by atoms with Crippen molar-refractivity contribution in [3.8, 4) is 0 Å². The second-order valence-corrected chi connectivity index (χ2v) is 7.59. The number of fused-ring (bicyclic) bond motifs is 1. The summed E-state index contributed by atoms with van der Waals surface area (Å²) in [7, 11) is 0. The first-order valence-electron chi connectivity index (χ1n) is 8.26. The van der Waals surface area contributed by atoms with Crippen molar-refractivity contribution in [3.05, 3.63) is 56.1 Å². The van der Waals surface area contributed by atoms with Gasteiger partial charge in [0.05, 0.1) is 0 Å². The summed E-state index contributed by atoms with van der Waals surface area (Å²) in [6.07, 6.45) is 4.65. The van der Waals surface area contributed by atoms with Gasteiger partial charge in [-0.3, -0.25) is 9.69 Å². The molecule has 116 valence electrons. The fraction of sp³-hybridized carbons (Fsp3) is 0.500. The first-order valence-corrected chi connectivity index (χ1v) is 9.14. The number of nitrogens with zero attached hydrogens (tertiary/aromatic N) is 2. The molecular formula is C18H22N2OS. The molecule has 4 heteroatoms. The zero-order valence-corrected chi connectivity index (χ0v) is 13.6. The van der Waals surface area contributed by atoms with Gasteiger partial charge in [0.2, 0.25) is 0 Å². The summed E-state index contributed by atoms with van der Waals surface area (Å²) in [6, 6.07) is 8.18. The van der Waals surface area contributed by atoms with E-state index in [-0.39, 0.29) is 5.56 Å². The Labute approximate surface area is 135 Å². The number of hydrogen-bond acceptors (Lipinski definition) is 3. The number of pyridine rings is 1. The van der Waals surface area contributed by atoms with E-state index in [1.54, 1.807) is 6.07 Å². The van der Waals surface area contributed by atoms with E-state index >= 15 is 0 Å². The molecule has 0 unspecified atom stereocenters. The average Bonchev–Trinajstić information content (AvgIpc) is 3.23. The smallest absolute Gasteiger partial charge is 0.250 e. The molecule has 0 aromatic carbocycles. The molecule has 4 rings (SSSR count). The molecular weight excluding hydrogens is 292 g/mol. The number of hydrogen-bond donors (Lipinski definition) is 0. The summed E-state index contributed by atoms with van der Waals surface area (Å²) in [5.41, 5.74) is 2.87. The van der Waals surface area contributed by atoms with Crippen LogP contribution in [0, 0.1) is 5.92 Å². The lowest BCUT2D eigenvalue weighted by molar-refractivity contribution is 0.280. The average molecular weight is 314 g/mol. The lowest BCUT2D eigenvalue weighted by atomic mass is 10.1. The van der Waals surface area contributed by atoms with Gasteiger partial charge in [0.15, 0.2) is 0 Å². The van der Waals surface area contributed by atoms with Gasteiger partial charge in [0.1, 0.15) is 0 Å². The summed E-state index contributed by atoms with van der Waals surface area (Å²) < 4.78 is 2.07. The molecule has 1 aliphatic heterocycles. The highest BCUT2D eigenvalue weighted by atomic mass is 32.1. The highest BCUT2D eigenvalue weighted by Gasteiger charge is 2.25. The van der Waals surface area contributed by atoms with E-state index in [1.807, 2.05) is 11.3 Å². The van der Waals surface area contributed by atoms with Gasteiger partial charge < -0.3 is 4.57 Å². The molecule has 2 aromatic heterocycles. The van der Waals surface area contributed by atoms with Crippen molar-refractivity contribution < 1.29 is 0 Å². The molecule has 0 saturated heterocycles. The molecule has 0 radical (unpaired) electrons. The third kappa shape index (κ3) is 3.03. The van der Waals surface area contributed by atoms with Gasteiger partial charge in [-0.05, 0) is 42.2 Å². The Morgan fingerprint density at radius 3 is 2.77 bits per heavy atom. The van der Waals surface area contributed by atoms with Crippen molar-refractivity contribution >= 4 is 11.3 Å². The molecule has 2 aromatic rings. The van der Waals surface area contributed by atoms with E-state index in [0.717, 1.165) is 44.9 Å². The quantitative estimate of drug-likeness (QED) is 0.867. The highest BCUT2D eigenvalue weighted by Crippen LogP contribution is 2.31. The molecule has 2 aliphatic rings. The largest absolute Gasteiger partial charge is 0.312 e. The van der Waals surface area contributed by atoms with E-state index in [1.165, 1.54) is 29.0 Å². The monoisotopic (exact) mass is 314 g/mol. The summed E-state index contributed by atoms with van der Waals surface area (Å²) in [5.74, 6) is 0.745. The Kier molecular flexibility index (Phi) is 3.89. The molecule has 3 nitrogen and oxygen atoms in total. The SMILES string of the molecule is O=c1ccc2c(n1CC1CC1)CCN(Cc1cccs1)CC2. The maximum atomic E-state index is 12.3. The molecule has 22 heavy (non-hydrogen) atoms. The minimum Gasteiger partial charge on any atom is -0.312 e. The van der Waals surface area contributed by atoms with Crippen molar-refractivity contribution in [3.63, 3.8) is 0 Å². The van der Waals surface area contributed by atoms with Crippen molar-refractivity contribution in [2.24, 2.45) is 5.92 Å². The molecule has 0 N–H and O–H groups in total. The normalized spacial score (nSPS) is 18.9. The molecule has 0 spiro atoms. The van der Waals surface area contributed by atoms with Crippen LogP contribution in [0.2, 0.25) is 0 Å². The maximum Gasteiger partial charge on any atom is 0.250 e. The van der Waals surface area contributed by atoms with Gasteiger partial charge in [-0.25, -0.2) is 0 Å². The van der Waals surface area contributed by atoms with Gasteiger partial charge in [-0.15, -0.1) is 11.3 Å². The minimum atomic E-state index is 0.192. The van der Waals surface area contributed by atoms with Crippen LogP contribution >= 0.6 is 11.3 Å². The van der Waals surface area contributed by atoms with Gasteiger partial charge in [0.25, 0.3) is 5.56 Å². The Balaban J connectivity index is 1.54. The first kappa shape index (κ1) is 14.2. The van der Waals surface area contributed by atoms with Crippen LogP contribution in [0.1, 0.15) is 29.0 Å². The Morgan fingerprint density at radius 2 is 2.00 bits per heavy atom. The van der Waals surface area contributed by atoms with Crippen LogP contribution in [-0.2, 0) is 25.9 Å². The predicted octanol–water partition coefficient (Wildman–Crippen LogP) is 2.92. The van der Waals surface area contributed by atoms with Crippen molar-refractivity contribution in [2.75, 3.05) is 13.1 Å². The predicted molar refractivity (Wildman–Crippen MR) is 90.4 cm³/mol. The third-order valence-electron chi connectivity index (χ3n) is 4.85. The van der Waals surface area contributed by atoms with Crippen molar-refractivity contribution in [2.45, 2.75) is 38.8 Å². The molecule has 0 amide bonds. The summed E-state index contributed by atoms with van der Waals surface area (Å²) in [5, 5.41) is 2.15. The summed E-state index contributed by atoms with van der Waals surface area (Å²) in [4.78, 5) is 16.2. The van der Waals surface area contributed by atoms with Gasteiger partial charge in [0, 0.05) is 49.2 Å². The maximum absolute atomic E-state index is 12.3. The van der Waals surface area contributed by atoms with Crippen LogP contribution in [-0.4, -0.2) is 22.6 Å². The zero-order valence-electron chi connectivity index (χ0n) is 12.8. The zero-order chi connectivity index (χ0) is 14.9. The molecule has 1 fully saturated rings. The summed E-state index contributed by atoms with van der Waals surface area (Å²) >= 11 is 1.83. The van der Waals surface area contributed by atoms with E-state index in [2.05, 4.69) is 33.0 Å². The van der Waals surface area contributed by atoms with Crippen molar-refractivity contribution in [1.82, 2.24) is 9.47 Å². The second-order valence-electron chi connectivity index (χ2n) is 6.55. The lowest BCUT2D eigenvalue weighted by Crippen LogP contribution is -2.27. The van der Waals surface area contributed by atoms with Crippen molar-refractivity contribution in [1.29, 1.82) is 0 Å². The summed E-state index contributed by atoms with van der Waals surface area (Å²) in [6.45, 7) is 4.12. The highest BCUT2D eigenvalue weighted by molar-refractivity contribution is 7.09. The molecule has 0 atom stereocenters. The van der Waals surface area contributed by atoms with Crippen LogP contribution in [0.4, 0.5) is 0 Å². The van der Waals surface area contributed by atoms with Gasteiger partial charge in [-0.1, -0.05) is 12.1 Å². The number of thiophene rings is 1. The number of aromatic nitrogens is 1. The van der Waals surface area contributed by atoms with Crippen LogP contribution < -0.4 is 5.56 Å². The van der Waals surface area contributed by atoms with Gasteiger partial charge >= 0.3 is 0 Å². The number of rotatable bonds is 4. The Hall–Kier alpha value is -1.39. The second kappa shape index (κ2) is 6.01. The molecule has 0 bridgehead atoms. The Bertz CT molecular complexity index is 700. The standard InChI is InChI=1S/C18H22N2OS/c21-18-6-5-15-7-9-19(13-16-2-1-11-22-16)10-8-17(15)20(18)12-14-3-4-14/h1-2,5-6,11,14H,3-4,7-10,12-13H2. The van der Waals surface area contributed by atoms with Crippen LogP contribution in [0.25, 0.3) is 0 Å². The molecule has 1 saturated carbocycles. The Morgan fingerprint density at radius 1 is 1.14 bits per heavy atom. The van der Waals surface area contributed by atoms with Crippen LogP contribution in [0.5, 0.6) is 0 Å². The van der Waals surface area contributed by atoms with E-state index in [0.29, 0.717) is 0 Å². The van der Waals surface area contributed by atoms with E-state index in [4.69, 9.17) is 0 Å². The van der Waals surface area contributed by atoms with E-state index < -0.39 is 0 Å². The first-order chi connectivity index (χ1) is 10.8. The fourth-order valence-electron chi connectivity index (χ4n) is 3.38. The van der Waals surface area contributed by atoms with Gasteiger partial charge in [-0.2, -0.15) is 0 Å².